The maximum absolute atomic E-state index is 3.95. The van der Waals surface area contributed by atoms with Crippen molar-refractivity contribution in [1.29, 1.82) is 0 Å². The van der Waals surface area contributed by atoms with Crippen molar-refractivity contribution in [2.75, 3.05) is 0 Å². The van der Waals surface area contributed by atoms with Gasteiger partial charge in [0.2, 0.25) is 0 Å². The molecule has 0 saturated heterocycles. The highest BCUT2D eigenvalue weighted by molar-refractivity contribution is 5.94. The molecule has 0 amide bonds. The molecule has 2 aliphatic carbocycles. The van der Waals surface area contributed by atoms with Gasteiger partial charge in [0.05, 0.1) is 5.41 Å². The van der Waals surface area contributed by atoms with E-state index in [1.54, 1.807) is 0 Å². The van der Waals surface area contributed by atoms with Crippen molar-refractivity contribution >= 4 is 0 Å². The lowest BCUT2D eigenvalue weighted by atomic mass is 9.70. The summed E-state index contributed by atoms with van der Waals surface area (Å²) < 4.78 is 0. The Labute approximate surface area is 165 Å². The van der Waals surface area contributed by atoms with Crippen molar-refractivity contribution in [1.82, 2.24) is 0 Å². The molecule has 4 aromatic carbocycles. The average molecular weight is 356 g/mol. The smallest absolute Gasteiger partial charge is 0.0725 e. The van der Waals surface area contributed by atoms with Gasteiger partial charge in [0, 0.05) is 0 Å². The van der Waals surface area contributed by atoms with E-state index in [4.69, 9.17) is 0 Å². The van der Waals surface area contributed by atoms with E-state index in [0.29, 0.717) is 0 Å². The fourth-order valence-corrected chi connectivity index (χ4v) is 5.44. The van der Waals surface area contributed by atoms with Gasteiger partial charge in [0.1, 0.15) is 0 Å². The highest BCUT2D eigenvalue weighted by Gasteiger charge is 2.51. The van der Waals surface area contributed by atoms with E-state index in [1.165, 1.54) is 50.1 Å². The quantitative estimate of drug-likeness (QED) is 0.301. The van der Waals surface area contributed by atoms with Gasteiger partial charge in [0.25, 0.3) is 0 Å². The average Bonchev–Trinajstić information content (AvgIpc) is 3.21. The van der Waals surface area contributed by atoms with Crippen LogP contribution < -0.4 is 0 Å². The molecule has 0 bridgehead atoms. The van der Waals surface area contributed by atoms with E-state index in [0.717, 1.165) is 6.42 Å². The van der Waals surface area contributed by atoms with Crippen LogP contribution in [0.25, 0.3) is 22.3 Å². The van der Waals surface area contributed by atoms with Crippen molar-refractivity contribution in [2.24, 2.45) is 0 Å². The Morgan fingerprint density at radius 1 is 0.571 bits per heavy atom. The van der Waals surface area contributed by atoms with Crippen LogP contribution in [0.1, 0.15) is 27.8 Å². The second-order valence-corrected chi connectivity index (χ2v) is 7.76. The molecule has 2 aliphatic rings. The maximum atomic E-state index is 3.95. The number of rotatable bonds is 2. The first-order chi connectivity index (χ1) is 13.9. The minimum absolute atomic E-state index is 0.226. The molecule has 0 unspecified atom stereocenters. The molecule has 0 fully saturated rings. The van der Waals surface area contributed by atoms with Gasteiger partial charge < -0.3 is 0 Å². The first kappa shape index (κ1) is 15.7. The fraction of sp³-hybridized carbons (Fsp3) is 0.0714. The molecule has 0 N–H and O–H groups in total. The largest absolute Gasteiger partial charge is 0.103 e. The molecule has 0 aliphatic heterocycles. The summed E-state index contributed by atoms with van der Waals surface area (Å²) in [5, 5.41) is 0. The summed E-state index contributed by atoms with van der Waals surface area (Å²) in [6.07, 6.45) is 2.88. The van der Waals surface area contributed by atoms with Crippen molar-refractivity contribution < 1.29 is 0 Å². The molecular formula is C28H20. The summed E-state index contributed by atoms with van der Waals surface area (Å²) in [4.78, 5) is 0. The highest BCUT2D eigenvalue weighted by atomic mass is 14.5. The lowest BCUT2D eigenvalue weighted by Gasteiger charge is -2.30. The Bertz CT molecular complexity index is 1200. The molecule has 0 aromatic heterocycles. The van der Waals surface area contributed by atoms with E-state index in [1.807, 2.05) is 6.08 Å². The summed E-state index contributed by atoms with van der Waals surface area (Å²) in [6, 6.07) is 33.8. The molecule has 28 heavy (non-hydrogen) atoms. The molecule has 0 atom stereocenters. The van der Waals surface area contributed by atoms with Gasteiger partial charge in [-0.05, 0) is 56.5 Å². The molecule has 132 valence electrons. The molecule has 6 rings (SSSR count). The van der Waals surface area contributed by atoms with Crippen LogP contribution >= 0.6 is 0 Å². The van der Waals surface area contributed by atoms with Crippen LogP contribution in [0.4, 0.5) is 0 Å². The Morgan fingerprint density at radius 3 is 1.54 bits per heavy atom. The monoisotopic (exact) mass is 356 g/mol. The zero-order chi connectivity index (χ0) is 18.7. The molecular weight excluding hydrogens is 336 g/mol. The topological polar surface area (TPSA) is 0 Å². The van der Waals surface area contributed by atoms with Gasteiger partial charge in [-0.15, -0.1) is 6.58 Å². The van der Waals surface area contributed by atoms with Crippen LogP contribution in [-0.2, 0) is 11.8 Å². The van der Waals surface area contributed by atoms with Gasteiger partial charge in [-0.3, -0.25) is 0 Å². The van der Waals surface area contributed by atoms with E-state index in [9.17, 15) is 0 Å². The van der Waals surface area contributed by atoms with Crippen molar-refractivity contribution in [3.05, 3.63) is 131 Å². The maximum Gasteiger partial charge on any atom is 0.0725 e. The lowest BCUT2D eigenvalue weighted by molar-refractivity contribution is 0.792. The van der Waals surface area contributed by atoms with E-state index < -0.39 is 0 Å². The zero-order valence-electron chi connectivity index (χ0n) is 15.7. The normalized spacial score (nSPS) is 14.3. The first-order valence-electron chi connectivity index (χ1n) is 9.89. The van der Waals surface area contributed by atoms with Crippen LogP contribution in [0.5, 0.6) is 0 Å². The Hall–Kier alpha value is -3.38. The van der Waals surface area contributed by atoms with Gasteiger partial charge in [-0.2, -0.15) is 0 Å². The van der Waals surface area contributed by atoms with Gasteiger partial charge in [0.15, 0.2) is 0 Å². The Kier molecular flexibility index (Phi) is 3.11. The van der Waals surface area contributed by atoms with Crippen LogP contribution in [0.3, 0.4) is 0 Å². The lowest BCUT2D eigenvalue weighted by Crippen LogP contribution is -2.25. The van der Waals surface area contributed by atoms with E-state index in [2.05, 4.69) is 97.6 Å². The van der Waals surface area contributed by atoms with E-state index in [-0.39, 0.29) is 5.41 Å². The van der Waals surface area contributed by atoms with Gasteiger partial charge in [-0.25, -0.2) is 0 Å². The molecule has 0 heterocycles. The third kappa shape index (κ3) is 1.75. The molecule has 1 spiro atoms. The first-order valence-corrected chi connectivity index (χ1v) is 9.89. The molecule has 0 heteroatoms. The second-order valence-electron chi connectivity index (χ2n) is 7.76. The number of benzene rings is 4. The van der Waals surface area contributed by atoms with Gasteiger partial charge in [-0.1, -0.05) is 97.1 Å². The molecule has 4 aromatic rings. The van der Waals surface area contributed by atoms with Crippen molar-refractivity contribution in [2.45, 2.75) is 11.8 Å². The molecule has 0 radical (unpaired) electrons. The van der Waals surface area contributed by atoms with Crippen LogP contribution in [0.15, 0.2) is 104 Å². The van der Waals surface area contributed by atoms with E-state index >= 15 is 0 Å². The standard InChI is InChI=1S/C28H20/c1-2-9-19-16-17-23-22-12-5-8-15-26(22)28(27(23)18-19)24-13-6-3-10-20(24)21-11-4-7-14-25(21)28/h2-8,10-18H,1,9H2. The van der Waals surface area contributed by atoms with Crippen LogP contribution in [0, 0.1) is 0 Å². The zero-order valence-corrected chi connectivity index (χ0v) is 15.7. The summed E-state index contributed by atoms with van der Waals surface area (Å²) in [7, 11) is 0. The molecule has 0 nitrogen and oxygen atoms in total. The molecule has 0 saturated carbocycles. The summed E-state index contributed by atoms with van der Waals surface area (Å²) >= 11 is 0. The van der Waals surface area contributed by atoms with Crippen LogP contribution in [0.2, 0.25) is 0 Å². The predicted octanol–water partition coefficient (Wildman–Crippen LogP) is 6.76. The van der Waals surface area contributed by atoms with Gasteiger partial charge >= 0.3 is 0 Å². The highest BCUT2D eigenvalue weighted by Crippen LogP contribution is 2.62. The SMILES string of the molecule is C=CCc1ccc2c(c1)C1(c3ccccc3-c3ccccc31)c1ccccc1-2. The summed E-state index contributed by atoms with van der Waals surface area (Å²) in [6.45, 7) is 3.95. The number of hydrogen-bond donors (Lipinski definition) is 0. The predicted molar refractivity (Wildman–Crippen MR) is 117 cm³/mol. The number of hydrogen-bond acceptors (Lipinski definition) is 0. The van der Waals surface area contributed by atoms with Crippen molar-refractivity contribution in [3.8, 4) is 22.3 Å². The second kappa shape index (κ2) is 5.56. The Morgan fingerprint density at radius 2 is 1.04 bits per heavy atom. The third-order valence-electron chi connectivity index (χ3n) is 6.44. The van der Waals surface area contributed by atoms with Crippen molar-refractivity contribution in [3.63, 3.8) is 0 Å². The minimum atomic E-state index is -0.226. The fourth-order valence-electron chi connectivity index (χ4n) is 5.44. The number of allylic oxidation sites excluding steroid dienone is 1. The Balaban J connectivity index is 1.82. The minimum Gasteiger partial charge on any atom is -0.103 e. The summed E-state index contributed by atoms with van der Waals surface area (Å²) in [5.41, 5.74) is 12.1. The van der Waals surface area contributed by atoms with Crippen LogP contribution in [-0.4, -0.2) is 0 Å². The number of fused-ring (bicyclic) bond motifs is 10. The summed E-state index contributed by atoms with van der Waals surface area (Å²) in [5.74, 6) is 0. The third-order valence-corrected chi connectivity index (χ3v) is 6.44.